The van der Waals surface area contributed by atoms with Crippen LogP contribution in [-0.4, -0.2) is 11.8 Å². The van der Waals surface area contributed by atoms with Crippen LogP contribution in [0, 0.1) is 22.7 Å². The zero-order valence-corrected chi connectivity index (χ0v) is 31.2. The Hall–Kier alpha value is -6.14. The van der Waals surface area contributed by atoms with E-state index in [4.69, 9.17) is 23.2 Å². The maximum Gasteiger partial charge on any atom is 0.269 e. The van der Waals surface area contributed by atoms with E-state index in [0.717, 1.165) is 33.9 Å². The maximum absolute atomic E-state index is 13.6. The van der Waals surface area contributed by atoms with Crippen LogP contribution in [0.25, 0.3) is 11.4 Å². The van der Waals surface area contributed by atoms with Crippen molar-refractivity contribution < 1.29 is 9.59 Å². The van der Waals surface area contributed by atoms with Crippen molar-refractivity contribution in [3.8, 4) is 12.1 Å². The van der Waals surface area contributed by atoms with E-state index in [-0.39, 0.29) is 11.1 Å². The van der Waals surface area contributed by atoms with Gasteiger partial charge in [-0.05, 0) is 83.9 Å². The van der Waals surface area contributed by atoms with Crippen molar-refractivity contribution in [2.45, 2.75) is 0 Å². The monoisotopic (exact) mass is 780 g/mol. The standard InChI is InChI=1S/C42H26Cl2N6O2S2/c43-29-15-11-27(12-16-29)37-25-53-41(49(37)33-7-3-1-4-8-33)35(23-45)39(51)47-31-19-21-32(22-20-31)48-40(52)36(24-46)42-50(34-9-5-2-6-10-34)38(26-54-42)28-13-17-30(44)18-14-28/h1-22,25-26H,(H,47,51)(H,48,52)/b41-35+,42-36+. The summed E-state index contributed by atoms with van der Waals surface area (Å²) in [6, 6.07) is 44.3. The lowest BCUT2D eigenvalue weighted by molar-refractivity contribution is -0.113. The van der Waals surface area contributed by atoms with Gasteiger partial charge in [-0.15, -0.1) is 0 Å². The van der Waals surface area contributed by atoms with Crippen LogP contribution in [0.4, 0.5) is 22.7 Å². The normalized spacial score (nSPS) is 15.4. The van der Waals surface area contributed by atoms with Crippen LogP contribution >= 0.6 is 46.7 Å². The first-order valence-corrected chi connectivity index (χ1v) is 18.8. The fourth-order valence-electron chi connectivity index (χ4n) is 5.71. The number of carbonyl (C=O) groups is 2. The zero-order chi connectivity index (χ0) is 37.6. The summed E-state index contributed by atoms with van der Waals surface area (Å²) in [7, 11) is 0. The van der Waals surface area contributed by atoms with Crippen molar-refractivity contribution in [3.05, 3.63) is 187 Å². The van der Waals surface area contributed by atoms with Crippen molar-refractivity contribution >= 4 is 92.7 Å². The van der Waals surface area contributed by atoms with E-state index >= 15 is 0 Å². The molecule has 5 aromatic rings. The molecule has 0 bridgehead atoms. The third kappa shape index (κ3) is 7.65. The Labute approximate surface area is 330 Å². The lowest BCUT2D eigenvalue weighted by atomic mass is 10.1. The topological polar surface area (TPSA) is 112 Å². The molecule has 0 aromatic heterocycles. The summed E-state index contributed by atoms with van der Waals surface area (Å²) in [6.07, 6.45) is 0. The van der Waals surface area contributed by atoms with Crippen LogP contribution in [0.3, 0.4) is 0 Å². The largest absolute Gasteiger partial charge is 0.321 e. The molecule has 12 heteroatoms. The second kappa shape index (κ2) is 16.3. The molecule has 8 nitrogen and oxygen atoms in total. The fraction of sp³-hybridized carbons (Fsp3) is 0. The minimum atomic E-state index is -0.594. The predicted octanol–water partition coefficient (Wildman–Crippen LogP) is 10.8. The average Bonchev–Trinajstić information content (AvgIpc) is 3.83. The molecule has 262 valence electrons. The number of halogens is 2. The molecule has 2 aliphatic rings. The Morgan fingerprint density at radius 1 is 0.519 bits per heavy atom. The van der Waals surface area contributed by atoms with Gasteiger partial charge in [-0.2, -0.15) is 10.5 Å². The molecule has 0 unspecified atom stereocenters. The van der Waals surface area contributed by atoms with Crippen molar-refractivity contribution in [2.24, 2.45) is 0 Å². The van der Waals surface area contributed by atoms with Crippen molar-refractivity contribution in [1.29, 1.82) is 10.5 Å². The maximum atomic E-state index is 13.6. The molecule has 7 rings (SSSR count). The van der Waals surface area contributed by atoms with E-state index < -0.39 is 11.8 Å². The van der Waals surface area contributed by atoms with E-state index in [2.05, 4.69) is 22.8 Å². The summed E-state index contributed by atoms with van der Waals surface area (Å²) in [5.41, 5.74) is 5.56. The summed E-state index contributed by atoms with van der Waals surface area (Å²) in [6.45, 7) is 0. The van der Waals surface area contributed by atoms with Gasteiger partial charge in [-0.25, -0.2) is 0 Å². The molecular weight excluding hydrogens is 756 g/mol. The summed E-state index contributed by atoms with van der Waals surface area (Å²) in [4.78, 5) is 31.0. The molecule has 0 fully saturated rings. The number of benzene rings is 5. The molecule has 0 saturated carbocycles. The highest BCUT2D eigenvalue weighted by Crippen LogP contribution is 2.46. The van der Waals surface area contributed by atoms with Crippen LogP contribution in [-0.2, 0) is 9.59 Å². The van der Waals surface area contributed by atoms with Gasteiger partial charge < -0.3 is 20.4 Å². The fourth-order valence-corrected chi connectivity index (χ4v) is 8.02. The molecule has 0 radical (unpaired) electrons. The molecular formula is C42H26Cl2N6O2S2. The van der Waals surface area contributed by atoms with E-state index in [1.54, 1.807) is 48.5 Å². The molecule has 0 saturated heterocycles. The highest BCUT2D eigenvalue weighted by molar-refractivity contribution is 8.06. The van der Waals surface area contributed by atoms with Crippen LogP contribution in [0.5, 0.6) is 0 Å². The van der Waals surface area contributed by atoms with Crippen LogP contribution in [0.2, 0.25) is 10.0 Å². The van der Waals surface area contributed by atoms with E-state index in [9.17, 15) is 20.1 Å². The molecule has 2 heterocycles. The van der Waals surface area contributed by atoms with Crippen LogP contribution in [0.1, 0.15) is 11.1 Å². The highest BCUT2D eigenvalue weighted by atomic mass is 35.5. The quantitative estimate of drug-likeness (QED) is 0.118. The van der Waals surface area contributed by atoms with E-state index in [1.165, 1.54) is 23.5 Å². The van der Waals surface area contributed by atoms with Gasteiger partial charge >= 0.3 is 0 Å². The Bertz CT molecular complexity index is 2280. The highest BCUT2D eigenvalue weighted by Gasteiger charge is 2.31. The molecule has 2 amide bonds. The molecule has 0 aliphatic carbocycles. The van der Waals surface area contributed by atoms with Crippen LogP contribution < -0.4 is 20.4 Å². The lowest BCUT2D eigenvalue weighted by Gasteiger charge is -2.24. The van der Waals surface area contributed by atoms with E-state index in [0.29, 0.717) is 31.5 Å². The van der Waals surface area contributed by atoms with Gasteiger partial charge in [0, 0.05) is 43.6 Å². The Kier molecular flexibility index (Phi) is 10.9. The Balaban J connectivity index is 1.10. The van der Waals surface area contributed by atoms with Gasteiger partial charge in [-0.1, -0.05) is 107 Å². The van der Waals surface area contributed by atoms with Crippen molar-refractivity contribution in [2.75, 3.05) is 20.4 Å². The van der Waals surface area contributed by atoms with Gasteiger partial charge in [0.25, 0.3) is 11.8 Å². The number of amides is 2. The number of nitriles is 2. The van der Waals surface area contributed by atoms with Crippen molar-refractivity contribution in [3.63, 3.8) is 0 Å². The molecule has 54 heavy (non-hydrogen) atoms. The Morgan fingerprint density at radius 3 is 1.20 bits per heavy atom. The minimum Gasteiger partial charge on any atom is -0.321 e. The number of nitrogens with one attached hydrogen (secondary N) is 2. The number of para-hydroxylation sites is 2. The third-order valence-electron chi connectivity index (χ3n) is 8.27. The number of hydrogen-bond donors (Lipinski definition) is 2. The predicted molar refractivity (Wildman–Crippen MR) is 221 cm³/mol. The summed E-state index contributed by atoms with van der Waals surface area (Å²) < 4.78 is 0. The number of rotatable bonds is 8. The third-order valence-corrected chi connectivity index (χ3v) is 10.7. The molecule has 0 spiro atoms. The second-order valence-corrected chi connectivity index (χ2v) is 14.3. The first-order chi connectivity index (χ1) is 26.3. The molecule has 0 atom stereocenters. The Morgan fingerprint density at radius 2 is 0.870 bits per heavy atom. The molecule has 2 N–H and O–H groups in total. The van der Waals surface area contributed by atoms with E-state index in [1.807, 2.05) is 106 Å². The average molecular weight is 782 g/mol. The number of hydrogen-bond acceptors (Lipinski definition) is 8. The van der Waals surface area contributed by atoms with Crippen molar-refractivity contribution in [1.82, 2.24) is 0 Å². The summed E-state index contributed by atoms with van der Waals surface area (Å²) in [5, 5.41) is 32.0. The number of thioether (sulfide) groups is 2. The van der Waals surface area contributed by atoms with Crippen LogP contribution in [0.15, 0.2) is 165 Å². The van der Waals surface area contributed by atoms with Gasteiger partial charge in [0.2, 0.25) is 0 Å². The van der Waals surface area contributed by atoms with Gasteiger partial charge in [0.05, 0.1) is 11.4 Å². The SMILES string of the molecule is N#C/C(C(=O)Nc1ccc(NC(=O)/C(C#N)=C2/SC=C(c3ccc(Cl)cc3)N2c2ccccc2)cc1)=C1\SC=C(c2ccc(Cl)cc2)N1c1ccccc1. The summed E-state index contributed by atoms with van der Waals surface area (Å²) >= 11 is 14.8. The zero-order valence-electron chi connectivity index (χ0n) is 28.0. The van der Waals surface area contributed by atoms with Gasteiger partial charge in [0.15, 0.2) is 0 Å². The smallest absolute Gasteiger partial charge is 0.269 e. The first-order valence-electron chi connectivity index (χ1n) is 16.3. The summed E-state index contributed by atoms with van der Waals surface area (Å²) in [5.74, 6) is -1.19. The molecule has 2 aliphatic heterocycles. The lowest BCUT2D eigenvalue weighted by Crippen LogP contribution is -2.22. The number of carbonyl (C=O) groups excluding carboxylic acids is 2. The van der Waals surface area contributed by atoms with Gasteiger partial charge in [-0.3, -0.25) is 9.59 Å². The minimum absolute atomic E-state index is 0.0738. The second-order valence-electron chi connectivity index (χ2n) is 11.7. The number of nitrogens with zero attached hydrogens (tertiary/aromatic N) is 4. The first kappa shape index (κ1) is 36.2. The molecule has 5 aromatic carbocycles. The van der Waals surface area contributed by atoms with Gasteiger partial charge in [0.1, 0.15) is 33.3 Å². The number of anilines is 4.